The van der Waals surface area contributed by atoms with Gasteiger partial charge in [-0.15, -0.1) is 0 Å². The Hall–Kier alpha value is -2.40. The molecule has 3 heterocycles. The molecule has 0 saturated carbocycles. The van der Waals surface area contributed by atoms with Gasteiger partial charge in [-0.05, 0) is 37.7 Å². The third-order valence-electron chi connectivity index (χ3n) is 6.19. The Morgan fingerprint density at radius 2 is 1.82 bits per heavy atom. The van der Waals surface area contributed by atoms with Crippen molar-refractivity contribution in [2.75, 3.05) is 39.3 Å². The summed E-state index contributed by atoms with van der Waals surface area (Å²) in [5, 5.41) is 10.2. The Morgan fingerprint density at radius 3 is 2.36 bits per heavy atom. The summed E-state index contributed by atoms with van der Waals surface area (Å²) >= 11 is 0. The van der Waals surface area contributed by atoms with E-state index in [2.05, 4.69) is 10.2 Å². The number of carbonyl (C=O) groups is 2. The molecular weight excluding hydrogens is 446 g/mol. The van der Waals surface area contributed by atoms with Crippen LogP contribution in [0.25, 0.3) is 0 Å². The molecule has 33 heavy (non-hydrogen) atoms. The van der Waals surface area contributed by atoms with Crippen LogP contribution in [0.5, 0.6) is 0 Å². The first kappa shape index (κ1) is 25.2. The second kappa shape index (κ2) is 10.7. The van der Waals surface area contributed by atoms with Gasteiger partial charge in [-0.25, -0.2) is 14.0 Å². The van der Waals surface area contributed by atoms with Crippen LogP contribution in [0.15, 0.2) is 24.3 Å². The molecule has 0 aromatic heterocycles. The fraction of sp³-hybridized carbons (Fsp3) is 0.636. The summed E-state index contributed by atoms with van der Waals surface area (Å²) in [6, 6.07) is 7.04. The lowest BCUT2D eigenvalue weighted by molar-refractivity contribution is -0.192. The van der Waals surface area contributed by atoms with E-state index in [0.29, 0.717) is 25.6 Å². The fourth-order valence-corrected chi connectivity index (χ4v) is 4.34. The number of nitrogens with zero attached hydrogens (tertiary/aromatic N) is 2. The number of benzene rings is 1. The number of urea groups is 1. The Morgan fingerprint density at radius 1 is 1.18 bits per heavy atom. The molecule has 0 aliphatic carbocycles. The summed E-state index contributed by atoms with van der Waals surface area (Å²) in [5.41, 5.74) is 0.696. The van der Waals surface area contributed by atoms with Crippen LogP contribution in [0.2, 0.25) is 0 Å². The number of amides is 2. The second-order valence-electron chi connectivity index (χ2n) is 8.82. The number of likely N-dealkylation sites (tertiary alicyclic amines) is 2. The van der Waals surface area contributed by atoms with Gasteiger partial charge in [0.25, 0.3) is 0 Å². The highest BCUT2D eigenvalue weighted by Crippen LogP contribution is 2.36. The van der Waals surface area contributed by atoms with Crippen LogP contribution in [0.3, 0.4) is 0 Å². The van der Waals surface area contributed by atoms with Gasteiger partial charge in [0.1, 0.15) is 5.82 Å². The summed E-state index contributed by atoms with van der Waals surface area (Å²) in [5.74, 6) is -2.49. The maximum Gasteiger partial charge on any atom is 0.490 e. The topological polar surface area (TPSA) is 82.1 Å². The molecule has 4 rings (SSSR count). The third kappa shape index (κ3) is 7.04. The van der Waals surface area contributed by atoms with Gasteiger partial charge in [-0.1, -0.05) is 18.2 Å². The molecule has 2 amide bonds. The summed E-state index contributed by atoms with van der Waals surface area (Å²) < 4.78 is 51.7. The van der Waals surface area contributed by atoms with Crippen molar-refractivity contribution in [1.29, 1.82) is 0 Å². The number of hydrogen-bond acceptors (Lipinski definition) is 4. The molecule has 7 nitrogen and oxygen atoms in total. The van der Waals surface area contributed by atoms with Crippen molar-refractivity contribution in [2.45, 2.75) is 44.0 Å². The Bertz CT molecular complexity index is 814. The minimum Gasteiger partial charge on any atom is -0.475 e. The van der Waals surface area contributed by atoms with Crippen molar-refractivity contribution in [2.24, 2.45) is 5.92 Å². The lowest BCUT2D eigenvalue weighted by Crippen LogP contribution is -2.64. The molecule has 1 aromatic rings. The smallest absolute Gasteiger partial charge is 0.475 e. The van der Waals surface area contributed by atoms with Gasteiger partial charge in [0.2, 0.25) is 0 Å². The van der Waals surface area contributed by atoms with Gasteiger partial charge in [-0.3, -0.25) is 4.90 Å². The van der Waals surface area contributed by atoms with Crippen molar-refractivity contribution in [1.82, 2.24) is 15.1 Å². The molecule has 3 aliphatic rings. The molecule has 3 fully saturated rings. The van der Waals surface area contributed by atoms with E-state index in [9.17, 15) is 22.4 Å². The van der Waals surface area contributed by atoms with E-state index in [1.807, 2.05) is 17.0 Å². The maximum absolute atomic E-state index is 13.8. The van der Waals surface area contributed by atoms with E-state index < -0.39 is 12.1 Å². The number of aliphatic carboxylic acids is 1. The SMILES string of the molecule is O=C(NCC1CCC2(CN(Cc3ccccc3F)C2)OC1)N1CCCC1.O=C(O)C(F)(F)F. The number of carboxylic acid groups (broad SMARTS) is 1. The van der Waals surface area contributed by atoms with Gasteiger partial charge >= 0.3 is 18.2 Å². The van der Waals surface area contributed by atoms with Crippen LogP contribution in [0.4, 0.5) is 22.4 Å². The standard InChI is InChI=1S/C20H28FN3O2.C2HF3O2/c21-18-6-2-1-5-17(18)12-23-14-20(15-23)8-7-16(13-26-20)11-22-19(25)24-9-3-4-10-24;3-2(4,5)1(6)7/h1-2,5-6,16H,3-4,7-15H2,(H,22,25);(H,6,7). The van der Waals surface area contributed by atoms with Crippen LogP contribution in [0.1, 0.15) is 31.2 Å². The normalized spacial score (nSPS) is 22.3. The molecule has 11 heteroatoms. The minimum atomic E-state index is -5.08. The highest BCUT2D eigenvalue weighted by Gasteiger charge is 2.46. The van der Waals surface area contributed by atoms with Crippen LogP contribution in [0, 0.1) is 11.7 Å². The Balaban J connectivity index is 0.000000383. The molecule has 2 N–H and O–H groups in total. The average molecular weight is 475 g/mol. The molecular formula is C22H29F4N3O4. The van der Waals surface area contributed by atoms with Crippen LogP contribution in [-0.2, 0) is 16.1 Å². The quantitative estimate of drug-likeness (QED) is 0.654. The predicted octanol–water partition coefficient (Wildman–Crippen LogP) is 3.25. The zero-order valence-corrected chi connectivity index (χ0v) is 18.2. The molecule has 1 aromatic carbocycles. The summed E-state index contributed by atoms with van der Waals surface area (Å²) in [6.07, 6.45) is -0.753. The second-order valence-corrected chi connectivity index (χ2v) is 8.82. The van der Waals surface area contributed by atoms with Crippen molar-refractivity contribution < 1.29 is 37.0 Å². The largest absolute Gasteiger partial charge is 0.490 e. The van der Waals surface area contributed by atoms with Crippen LogP contribution in [-0.4, -0.2) is 78.0 Å². The first-order valence-corrected chi connectivity index (χ1v) is 11.0. The lowest BCUT2D eigenvalue weighted by Gasteiger charge is -2.53. The monoisotopic (exact) mass is 475 g/mol. The summed E-state index contributed by atoms with van der Waals surface area (Å²) in [6.45, 7) is 5.55. The van der Waals surface area contributed by atoms with Crippen LogP contribution >= 0.6 is 0 Å². The zero-order chi connectivity index (χ0) is 24.1. The van der Waals surface area contributed by atoms with Crippen molar-refractivity contribution in [3.63, 3.8) is 0 Å². The minimum absolute atomic E-state index is 0.0548. The van der Waals surface area contributed by atoms with Gasteiger partial charge in [-0.2, -0.15) is 13.2 Å². The van der Waals surface area contributed by atoms with E-state index >= 15 is 0 Å². The average Bonchev–Trinajstić information content (AvgIpc) is 3.28. The number of carboxylic acids is 1. The number of ether oxygens (including phenoxy) is 1. The van der Waals surface area contributed by atoms with Gasteiger partial charge in [0.15, 0.2) is 0 Å². The van der Waals surface area contributed by atoms with E-state index in [0.717, 1.165) is 57.4 Å². The van der Waals surface area contributed by atoms with E-state index in [-0.39, 0.29) is 17.4 Å². The van der Waals surface area contributed by atoms with E-state index in [1.54, 1.807) is 6.07 Å². The molecule has 1 atom stereocenters. The van der Waals surface area contributed by atoms with Gasteiger partial charge in [0, 0.05) is 44.8 Å². The number of carbonyl (C=O) groups excluding carboxylic acids is 1. The number of nitrogens with one attached hydrogen (secondary N) is 1. The van der Waals surface area contributed by atoms with Gasteiger partial charge in [0.05, 0.1) is 12.2 Å². The maximum atomic E-state index is 13.8. The number of rotatable bonds is 4. The Labute approximate surface area is 189 Å². The Kier molecular flexibility index (Phi) is 8.17. The third-order valence-corrected chi connectivity index (χ3v) is 6.19. The van der Waals surface area contributed by atoms with Gasteiger partial charge < -0.3 is 20.1 Å². The van der Waals surface area contributed by atoms with E-state index in [4.69, 9.17) is 14.6 Å². The molecule has 1 spiro atoms. The van der Waals surface area contributed by atoms with Crippen molar-refractivity contribution >= 4 is 12.0 Å². The molecule has 1 unspecified atom stereocenters. The van der Waals surface area contributed by atoms with Crippen molar-refractivity contribution in [3.05, 3.63) is 35.6 Å². The number of hydrogen-bond donors (Lipinski definition) is 2. The van der Waals surface area contributed by atoms with Crippen LogP contribution < -0.4 is 5.32 Å². The molecule has 184 valence electrons. The molecule has 3 aliphatic heterocycles. The highest BCUT2D eigenvalue weighted by atomic mass is 19.4. The van der Waals surface area contributed by atoms with E-state index in [1.165, 1.54) is 6.07 Å². The first-order valence-electron chi connectivity index (χ1n) is 11.0. The number of halogens is 4. The summed E-state index contributed by atoms with van der Waals surface area (Å²) in [4.78, 5) is 25.1. The molecule has 3 saturated heterocycles. The fourth-order valence-electron chi connectivity index (χ4n) is 4.34. The van der Waals surface area contributed by atoms with Crippen molar-refractivity contribution in [3.8, 4) is 0 Å². The highest BCUT2D eigenvalue weighted by molar-refractivity contribution is 5.74. The molecule has 0 bridgehead atoms. The first-order chi connectivity index (χ1) is 15.6. The predicted molar refractivity (Wildman–Crippen MR) is 111 cm³/mol. The number of alkyl halides is 3. The summed E-state index contributed by atoms with van der Waals surface area (Å²) in [7, 11) is 0. The molecule has 0 radical (unpaired) electrons. The lowest BCUT2D eigenvalue weighted by atomic mass is 9.82. The zero-order valence-electron chi connectivity index (χ0n) is 18.2.